The Labute approximate surface area is 97.6 Å². The first kappa shape index (κ1) is 12.0. The molecule has 0 spiro atoms. The number of hydrogen-bond donors (Lipinski definition) is 0. The van der Waals surface area contributed by atoms with Crippen LogP contribution in [0.25, 0.3) is 0 Å². The molecule has 0 aliphatic heterocycles. The number of benzene rings is 1. The van der Waals surface area contributed by atoms with E-state index in [1.165, 1.54) is 6.07 Å². The Morgan fingerprint density at radius 2 is 2.21 bits per heavy atom. The SMILES string of the molecule is CCC(CBr)Cc1ccc(Cl)cc1F. The van der Waals surface area contributed by atoms with Gasteiger partial charge in [0.05, 0.1) is 0 Å². The zero-order valence-electron chi connectivity index (χ0n) is 8.06. The van der Waals surface area contributed by atoms with Gasteiger partial charge in [0.2, 0.25) is 0 Å². The molecule has 0 bridgehead atoms. The van der Waals surface area contributed by atoms with Gasteiger partial charge in [0.15, 0.2) is 0 Å². The van der Waals surface area contributed by atoms with E-state index < -0.39 is 0 Å². The molecule has 1 unspecified atom stereocenters. The molecule has 0 saturated heterocycles. The molecule has 0 aliphatic rings. The van der Waals surface area contributed by atoms with E-state index in [0.717, 1.165) is 23.7 Å². The highest BCUT2D eigenvalue weighted by atomic mass is 79.9. The highest BCUT2D eigenvalue weighted by molar-refractivity contribution is 9.09. The molecule has 0 aromatic heterocycles. The molecule has 0 aliphatic carbocycles. The van der Waals surface area contributed by atoms with Gasteiger partial charge in [-0.2, -0.15) is 0 Å². The third kappa shape index (κ3) is 3.25. The summed E-state index contributed by atoms with van der Waals surface area (Å²) < 4.78 is 13.4. The fourth-order valence-corrected chi connectivity index (χ4v) is 2.15. The van der Waals surface area contributed by atoms with Crippen molar-refractivity contribution in [3.05, 3.63) is 34.6 Å². The predicted octanol–water partition coefficient (Wildman–Crippen LogP) is 4.44. The van der Waals surface area contributed by atoms with Crippen molar-refractivity contribution in [1.82, 2.24) is 0 Å². The van der Waals surface area contributed by atoms with Crippen molar-refractivity contribution in [2.24, 2.45) is 5.92 Å². The Morgan fingerprint density at radius 1 is 1.50 bits per heavy atom. The van der Waals surface area contributed by atoms with Crippen molar-refractivity contribution in [3.8, 4) is 0 Å². The maximum atomic E-state index is 13.4. The predicted molar refractivity (Wildman–Crippen MR) is 62.7 cm³/mol. The van der Waals surface area contributed by atoms with E-state index in [2.05, 4.69) is 22.9 Å². The van der Waals surface area contributed by atoms with Crippen molar-refractivity contribution in [3.63, 3.8) is 0 Å². The molecule has 0 saturated carbocycles. The Hall–Kier alpha value is -0.0800. The fraction of sp³-hybridized carbons (Fsp3) is 0.455. The van der Waals surface area contributed by atoms with E-state index in [9.17, 15) is 4.39 Å². The maximum Gasteiger partial charge on any atom is 0.127 e. The van der Waals surface area contributed by atoms with E-state index in [0.29, 0.717) is 10.9 Å². The minimum absolute atomic E-state index is 0.197. The van der Waals surface area contributed by atoms with Crippen LogP contribution >= 0.6 is 27.5 Å². The van der Waals surface area contributed by atoms with Crippen molar-refractivity contribution in [2.45, 2.75) is 19.8 Å². The van der Waals surface area contributed by atoms with Gasteiger partial charge in [0.25, 0.3) is 0 Å². The van der Waals surface area contributed by atoms with E-state index in [-0.39, 0.29) is 5.82 Å². The molecule has 0 N–H and O–H groups in total. The molecule has 1 aromatic rings. The number of alkyl halides is 1. The Bertz CT molecular complexity index is 297. The molecule has 1 rings (SSSR count). The van der Waals surface area contributed by atoms with Crippen LogP contribution in [-0.4, -0.2) is 5.33 Å². The second kappa shape index (κ2) is 5.72. The van der Waals surface area contributed by atoms with E-state index >= 15 is 0 Å². The normalized spacial score (nSPS) is 12.9. The average Bonchev–Trinajstić information content (AvgIpc) is 2.17. The average molecular weight is 280 g/mol. The van der Waals surface area contributed by atoms with Crippen molar-refractivity contribution < 1.29 is 4.39 Å². The second-order valence-electron chi connectivity index (χ2n) is 3.37. The first-order chi connectivity index (χ1) is 6.67. The molecular weight excluding hydrogens is 266 g/mol. The van der Waals surface area contributed by atoms with Crippen LogP contribution in [0.2, 0.25) is 5.02 Å². The number of halogens is 3. The Balaban J connectivity index is 2.76. The smallest absolute Gasteiger partial charge is 0.127 e. The monoisotopic (exact) mass is 278 g/mol. The van der Waals surface area contributed by atoms with Gasteiger partial charge in [-0.1, -0.05) is 46.9 Å². The summed E-state index contributed by atoms with van der Waals surface area (Å²) in [5, 5.41) is 1.36. The molecule has 1 aromatic carbocycles. The van der Waals surface area contributed by atoms with Gasteiger partial charge in [-0.05, 0) is 30.0 Å². The van der Waals surface area contributed by atoms with Crippen LogP contribution < -0.4 is 0 Å². The van der Waals surface area contributed by atoms with Gasteiger partial charge >= 0.3 is 0 Å². The first-order valence-electron chi connectivity index (χ1n) is 4.67. The minimum atomic E-state index is -0.197. The van der Waals surface area contributed by atoms with Gasteiger partial charge in [-0.3, -0.25) is 0 Å². The summed E-state index contributed by atoms with van der Waals surface area (Å²) >= 11 is 9.10. The zero-order valence-corrected chi connectivity index (χ0v) is 10.4. The standard InChI is InChI=1S/C11H13BrClF/c1-2-8(7-12)5-9-3-4-10(13)6-11(9)14/h3-4,6,8H,2,5,7H2,1H3. The van der Waals surface area contributed by atoms with Crippen molar-refractivity contribution in [1.29, 1.82) is 0 Å². The summed E-state index contributed by atoms with van der Waals surface area (Å²) in [6.07, 6.45) is 1.82. The molecule has 0 nitrogen and oxygen atoms in total. The van der Waals surface area contributed by atoms with Crippen LogP contribution in [0.3, 0.4) is 0 Å². The van der Waals surface area contributed by atoms with Gasteiger partial charge in [-0.15, -0.1) is 0 Å². The zero-order chi connectivity index (χ0) is 10.6. The molecule has 0 heterocycles. The van der Waals surface area contributed by atoms with Crippen molar-refractivity contribution >= 4 is 27.5 Å². The molecular formula is C11H13BrClF. The third-order valence-electron chi connectivity index (χ3n) is 2.32. The summed E-state index contributed by atoms with van der Waals surface area (Å²) in [5.41, 5.74) is 0.751. The number of hydrogen-bond acceptors (Lipinski definition) is 0. The van der Waals surface area contributed by atoms with Crippen LogP contribution in [0.15, 0.2) is 18.2 Å². The van der Waals surface area contributed by atoms with Crippen LogP contribution in [0.1, 0.15) is 18.9 Å². The van der Waals surface area contributed by atoms with Gasteiger partial charge < -0.3 is 0 Å². The molecule has 14 heavy (non-hydrogen) atoms. The van der Waals surface area contributed by atoms with Crippen LogP contribution in [0, 0.1) is 11.7 Å². The van der Waals surface area contributed by atoms with E-state index in [1.54, 1.807) is 12.1 Å². The summed E-state index contributed by atoms with van der Waals surface area (Å²) in [6.45, 7) is 2.11. The lowest BCUT2D eigenvalue weighted by atomic mass is 9.99. The largest absolute Gasteiger partial charge is 0.207 e. The topological polar surface area (TPSA) is 0 Å². The molecule has 78 valence electrons. The highest BCUT2D eigenvalue weighted by Crippen LogP contribution is 2.20. The van der Waals surface area contributed by atoms with E-state index in [1.807, 2.05) is 0 Å². The third-order valence-corrected chi connectivity index (χ3v) is 3.47. The van der Waals surface area contributed by atoms with Crippen LogP contribution in [-0.2, 0) is 6.42 Å². The van der Waals surface area contributed by atoms with E-state index in [4.69, 9.17) is 11.6 Å². The lowest BCUT2D eigenvalue weighted by Gasteiger charge is -2.11. The highest BCUT2D eigenvalue weighted by Gasteiger charge is 2.09. The van der Waals surface area contributed by atoms with Crippen LogP contribution in [0.4, 0.5) is 4.39 Å². The first-order valence-corrected chi connectivity index (χ1v) is 6.17. The summed E-state index contributed by atoms with van der Waals surface area (Å²) in [6, 6.07) is 4.88. The summed E-state index contributed by atoms with van der Waals surface area (Å²) in [7, 11) is 0. The second-order valence-corrected chi connectivity index (χ2v) is 4.45. The van der Waals surface area contributed by atoms with Crippen LogP contribution in [0.5, 0.6) is 0 Å². The van der Waals surface area contributed by atoms with Gasteiger partial charge in [0.1, 0.15) is 5.82 Å². The molecule has 0 radical (unpaired) electrons. The van der Waals surface area contributed by atoms with Gasteiger partial charge in [-0.25, -0.2) is 4.39 Å². The fourth-order valence-electron chi connectivity index (χ4n) is 1.31. The minimum Gasteiger partial charge on any atom is -0.207 e. The molecule has 1 atom stereocenters. The summed E-state index contributed by atoms with van der Waals surface area (Å²) in [5.74, 6) is 0.294. The molecule has 3 heteroatoms. The summed E-state index contributed by atoms with van der Waals surface area (Å²) in [4.78, 5) is 0. The number of rotatable bonds is 4. The van der Waals surface area contributed by atoms with Gasteiger partial charge in [0, 0.05) is 10.4 Å². The molecule has 0 fully saturated rings. The maximum absolute atomic E-state index is 13.4. The lowest BCUT2D eigenvalue weighted by molar-refractivity contribution is 0.540. The lowest BCUT2D eigenvalue weighted by Crippen LogP contribution is -2.06. The van der Waals surface area contributed by atoms with Crippen molar-refractivity contribution in [2.75, 3.05) is 5.33 Å². The Morgan fingerprint density at radius 3 is 2.71 bits per heavy atom. The quantitative estimate of drug-likeness (QED) is 0.715. The Kier molecular flexibility index (Phi) is 4.90. The molecule has 0 amide bonds.